The summed E-state index contributed by atoms with van der Waals surface area (Å²) >= 11 is 0. The lowest BCUT2D eigenvalue weighted by atomic mass is 9.82. The third-order valence-electron chi connectivity index (χ3n) is 4.22. The summed E-state index contributed by atoms with van der Waals surface area (Å²) in [5.74, 6) is 0.872. The molecule has 0 saturated heterocycles. The summed E-state index contributed by atoms with van der Waals surface area (Å²) in [5, 5.41) is 9.75. The van der Waals surface area contributed by atoms with Gasteiger partial charge in [-0.25, -0.2) is 0 Å². The molecule has 18 heavy (non-hydrogen) atoms. The lowest BCUT2D eigenvalue weighted by Crippen LogP contribution is -2.25. The average Bonchev–Trinajstić information content (AvgIpc) is 2.76. The van der Waals surface area contributed by atoms with Gasteiger partial charge in [-0.2, -0.15) is 0 Å². The Morgan fingerprint density at radius 3 is 2.39 bits per heavy atom. The van der Waals surface area contributed by atoms with Gasteiger partial charge in [-0.15, -0.1) is 0 Å². The van der Waals surface area contributed by atoms with Crippen LogP contribution < -0.4 is 4.74 Å². The zero-order valence-electron chi connectivity index (χ0n) is 11.6. The molecular weight excluding hydrogens is 224 g/mol. The van der Waals surface area contributed by atoms with Gasteiger partial charge < -0.3 is 9.84 Å². The second kappa shape index (κ2) is 5.31. The fraction of sp³-hybridized carbons (Fsp3) is 0.625. The molecule has 0 aromatic heterocycles. The molecule has 1 aliphatic carbocycles. The first-order valence-corrected chi connectivity index (χ1v) is 6.98. The Morgan fingerprint density at radius 1 is 1.22 bits per heavy atom. The molecule has 1 N–H and O–H groups in total. The van der Waals surface area contributed by atoms with E-state index in [1.54, 1.807) is 0 Å². The Bertz CT molecular complexity index is 381. The number of rotatable bonds is 4. The molecule has 1 saturated carbocycles. The molecule has 1 aliphatic rings. The van der Waals surface area contributed by atoms with Crippen LogP contribution in [0.5, 0.6) is 5.75 Å². The number of hydrogen-bond acceptors (Lipinski definition) is 2. The van der Waals surface area contributed by atoms with Crippen LogP contribution in [0.25, 0.3) is 0 Å². The van der Waals surface area contributed by atoms with Crippen LogP contribution in [-0.2, 0) is 5.41 Å². The minimum atomic E-state index is -0.295. The standard InChI is InChI=1S/C16H24O2/c1-4-16(2,3)12-8-10-13(11-9-12)18-15-7-5-6-14(15)17/h8-11,14-15,17H,4-7H2,1-3H3/t14-,15-/m0/s1. The second-order valence-corrected chi connectivity index (χ2v) is 5.92. The van der Waals surface area contributed by atoms with E-state index < -0.39 is 0 Å². The number of benzene rings is 1. The molecule has 1 fully saturated rings. The minimum absolute atomic E-state index is 0.0185. The van der Waals surface area contributed by atoms with Crippen molar-refractivity contribution >= 4 is 0 Å². The van der Waals surface area contributed by atoms with E-state index in [0.717, 1.165) is 31.4 Å². The van der Waals surface area contributed by atoms with Crippen molar-refractivity contribution in [3.8, 4) is 5.75 Å². The molecule has 2 rings (SSSR count). The average molecular weight is 248 g/mol. The first kappa shape index (κ1) is 13.4. The second-order valence-electron chi connectivity index (χ2n) is 5.92. The molecule has 2 nitrogen and oxygen atoms in total. The van der Waals surface area contributed by atoms with Crippen LogP contribution in [0.4, 0.5) is 0 Å². The number of aliphatic hydroxyl groups excluding tert-OH is 1. The molecular formula is C16H24O2. The number of aliphatic hydroxyl groups is 1. The highest BCUT2D eigenvalue weighted by Crippen LogP contribution is 2.29. The zero-order valence-corrected chi connectivity index (χ0v) is 11.6. The lowest BCUT2D eigenvalue weighted by Gasteiger charge is -2.24. The van der Waals surface area contributed by atoms with Crippen molar-refractivity contribution in [3.63, 3.8) is 0 Å². The summed E-state index contributed by atoms with van der Waals surface area (Å²) in [6.07, 6.45) is 3.70. The van der Waals surface area contributed by atoms with Crippen molar-refractivity contribution in [2.75, 3.05) is 0 Å². The summed E-state index contributed by atoms with van der Waals surface area (Å²) in [6.45, 7) is 6.71. The molecule has 1 aromatic carbocycles. The van der Waals surface area contributed by atoms with Crippen LogP contribution in [0.1, 0.15) is 52.0 Å². The summed E-state index contributed by atoms with van der Waals surface area (Å²) in [5.41, 5.74) is 1.55. The molecule has 0 spiro atoms. The predicted molar refractivity (Wildman–Crippen MR) is 74.0 cm³/mol. The van der Waals surface area contributed by atoms with E-state index in [4.69, 9.17) is 4.74 Å². The van der Waals surface area contributed by atoms with Crippen molar-refractivity contribution in [2.24, 2.45) is 0 Å². The largest absolute Gasteiger partial charge is 0.488 e. The van der Waals surface area contributed by atoms with Crippen LogP contribution in [-0.4, -0.2) is 17.3 Å². The molecule has 0 unspecified atom stereocenters. The van der Waals surface area contributed by atoms with Gasteiger partial charge in [0.1, 0.15) is 11.9 Å². The van der Waals surface area contributed by atoms with Gasteiger partial charge in [0.05, 0.1) is 6.10 Å². The molecule has 100 valence electrons. The topological polar surface area (TPSA) is 29.5 Å². The number of ether oxygens (including phenoxy) is 1. The highest BCUT2D eigenvalue weighted by atomic mass is 16.5. The van der Waals surface area contributed by atoms with Crippen LogP contribution in [0.3, 0.4) is 0 Å². The van der Waals surface area contributed by atoms with Gasteiger partial charge >= 0.3 is 0 Å². The van der Waals surface area contributed by atoms with Crippen molar-refractivity contribution < 1.29 is 9.84 Å². The molecule has 1 aromatic rings. The molecule has 2 heteroatoms. The molecule has 0 heterocycles. The summed E-state index contributed by atoms with van der Waals surface area (Å²) in [4.78, 5) is 0. The van der Waals surface area contributed by atoms with Gasteiger partial charge in [0.2, 0.25) is 0 Å². The first-order valence-electron chi connectivity index (χ1n) is 6.98. The fourth-order valence-electron chi connectivity index (χ4n) is 2.41. The monoisotopic (exact) mass is 248 g/mol. The first-order chi connectivity index (χ1) is 8.53. The van der Waals surface area contributed by atoms with E-state index in [1.165, 1.54) is 5.56 Å². The van der Waals surface area contributed by atoms with Gasteiger partial charge in [-0.1, -0.05) is 32.9 Å². The molecule has 0 radical (unpaired) electrons. The van der Waals surface area contributed by atoms with Crippen molar-refractivity contribution in [1.29, 1.82) is 0 Å². The van der Waals surface area contributed by atoms with E-state index in [1.807, 2.05) is 12.1 Å². The van der Waals surface area contributed by atoms with Crippen molar-refractivity contribution in [2.45, 2.75) is 64.1 Å². The van der Waals surface area contributed by atoms with Crippen LogP contribution in [0.15, 0.2) is 24.3 Å². The Hall–Kier alpha value is -1.02. The molecule has 0 aliphatic heterocycles. The van der Waals surface area contributed by atoms with E-state index in [-0.39, 0.29) is 17.6 Å². The van der Waals surface area contributed by atoms with Gasteiger partial charge in [0.15, 0.2) is 0 Å². The molecule has 0 bridgehead atoms. The maximum atomic E-state index is 9.75. The third-order valence-corrected chi connectivity index (χ3v) is 4.22. The van der Waals surface area contributed by atoms with Crippen LogP contribution in [0, 0.1) is 0 Å². The quantitative estimate of drug-likeness (QED) is 0.881. The van der Waals surface area contributed by atoms with E-state index in [2.05, 4.69) is 32.9 Å². The summed E-state index contributed by atoms with van der Waals surface area (Å²) in [6, 6.07) is 8.33. The summed E-state index contributed by atoms with van der Waals surface area (Å²) in [7, 11) is 0. The number of hydrogen-bond donors (Lipinski definition) is 1. The Kier molecular flexibility index (Phi) is 3.96. The van der Waals surface area contributed by atoms with E-state index in [9.17, 15) is 5.11 Å². The summed E-state index contributed by atoms with van der Waals surface area (Å²) < 4.78 is 5.84. The van der Waals surface area contributed by atoms with Crippen molar-refractivity contribution in [1.82, 2.24) is 0 Å². The highest BCUT2D eigenvalue weighted by Gasteiger charge is 2.27. The zero-order chi connectivity index (χ0) is 13.2. The minimum Gasteiger partial charge on any atom is -0.488 e. The SMILES string of the molecule is CCC(C)(C)c1ccc(O[C@H]2CCC[C@@H]2O)cc1. The molecule has 2 atom stereocenters. The Labute approximate surface area is 110 Å². The maximum Gasteiger partial charge on any atom is 0.124 e. The van der Waals surface area contributed by atoms with Gasteiger partial charge in [0, 0.05) is 0 Å². The predicted octanol–water partition coefficient (Wildman–Crippen LogP) is 3.67. The highest BCUT2D eigenvalue weighted by molar-refractivity contribution is 5.31. The van der Waals surface area contributed by atoms with Gasteiger partial charge in [-0.3, -0.25) is 0 Å². The lowest BCUT2D eigenvalue weighted by molar-refractivity contribution is 0.0604. The fourth-order valence-corrected chi connectivity index (χ4v) is 2.41. The van der Waals surface area contributed by atoms with Crippen LogP contribution in [0.2, 0.25) is 0 Å². The van der Waals surface area contributed by atoms with Crippen LogP contribution >= 0.6 is 0 Å². The Morgan fingerprint density at radius 2 is 1.89 bits per heavy atom. The van der Waals surface area contributed by atoms with Crippen molar-refractivity contribution in [3.05, 3.63) is 29.8 Å². The van der Waals surface area contributed by atoms with E-state index in [0.29, 0.717) is 0 Å². The maximum absolute atomic E-state index is 9.75. The normalized spacial score (nSPS) is 24.2. The smallest absolute Gasteiger partial charge is 0.124 e. The van der Waals surface area contributed by atoms with Gasteiger partial charge in [-0.05, 0) is 48.8 Å². The van der Waals surface area contributed by atoms with Gasteiger partial charge in [0.25, 0.3) is 0 Å². The van der Waals surface area contributed by atoms with E-state index >= 15 is 0 Å². The molecule has 0 amide bonds. The Balaban J connectivity index is 2.04. The third kappa shape index (κ3) is 2.86.